The number of methoxy groups -OCH3 is 1. The van der Waals surface area contributed by atoms with E-state index in [0.29, 0.717) is 5.02 Å². The number of carbonyl (C=O) groups is 2. The molecule has 1 aromatic rings. The van der Waals surface area contributed by atoms with E-state index in [9.17, 15) is 18.0 Å². The van der Waals surface area contributed by atoms with E-state index in [0.717, 1.165) is 4.90 Å². The molecule has 0 N–H and O–H groups in total. The molecule has 1 saturated heterocycles. The average Bonchev–Trinajstić information content (AvgIpc) is 2.98. The Morgan fingerprint density at radius 3 is 2.37 bits per heavy atom. The largest absolute Gasteiger partial charge is 0.467 e. The second kappa shape index (κ2) is 7.85. The molecule has 27 heavy (non-hydrogen) atoms. The zero-order chi connectivity index (χ0) is 20.6. The number of ether oxygens (including phenoxy) is 2. The minimum absolute atomic E-state index is 0.0205. The van der Waals surface area contributed by atoms with Gasteiger partial charge in [-0.1, -0.05) is 23.2 Å². The number of esters is 1. The van der Waals surface area contributed by atoms with E-state index in [1.54, 1.807) is 20.8 Å². The van der Waals surface area contributed by atoms with Gasteiger partial charge >= 0.3 is 12.1 Å². The van der Waals surface area contributed by atoms with Gasteiger partial charge in [0.25, 0.3) is 0 Å². The minimum Gasteiger partial charge on any atom is -0.467 e. The van der Waals surface area contributed by atoms with Crippen molar-refractivity contribution < 1.29 is 27.5 Å². The van der Waals surface area contributed by atoms with Crippen LogP contribution in [0.15, 0.2) is 23.1 Å². The van der Waals surface area contributed by atoms with Gasteiger partial charge in [-0.3, -0.25) is 4.90 Å². The average molecular weight is 438 g/mol. The second-order valence-electron chi connectivity index (χ2n) is 7.15. The third-order valence-electron chi connectivity index (χ3n) is 4.00. The SMILES string of the molecule is COC(=O)[C@@H]1C[C@@H](S(=O)(=O)c2ccc(Cl)cc2Cl)CN1C(=O)OC(C)(C)C. The van der Waals surface area contributed by atoms with Crippen LogP contribution < -0.4 is 0 Å². The normalized spacial score (nSPS) is 20.4. The fraction of sp³-hybridized carbons (Fsp3) is 0.529. The van der Waals surface area contributed by atoms with Gasteiger partial charge in [-0.2, -0.15) is 0 Å². The monoisotopic (exact) mass is 437 g/mol. The van der Waals surface area contributed by atoms with Crippen LogP contribution in [0, 0.1) is 0 Å². The first-order valence-electron chi connectivity index (χ1n) is 8.13. The van der Waals surface area contributed by atoms with Crippen molar-refractivity contribution in [1.82, 2.24) is 4.90 Å². The predicted octanol–water partition coefficient (Wildman–Crippen LogP) is 3.32. The summed E-state index contributed by atoms with van der Waals surface area (Å²) in [5.41, 5.74) is -0.797. The van der Waals surface area contributed by atoms with Crippen LogP contribution >= 0.6 is 23.2 Å². The lowest BCUT2D eigenvalue weighted by atomic mass is 10.2. The molecule has 1 aliphatic rings. The Kier molecular flexibility index (Phi) is 6.33. The Bertz CT molecular complexity index is 849. The van der Waals surface area contributed by atoms with Crippen molar-refractivity contribution in [3.63, 3.8) is 0 Å². The number of sulfone groups is 1. The summed E-state index contributed by atoms with van der Waals surface area (Å²) in [6.45, 7) is 4.82. The first-order valence-corrected chi connectivity index (χ1v) is 10.4. The van der Waals surface area contributed by atoms with Crippen LogP contribution in [0.1, 0.15) is 27.2 Å². The maximum atomic E-state index is 13.0. The Hall–Kier alpha value is -1.51. The molecule has 2 rings (SSSR count). The van der Waals surface area contributed by atoms with Gasteiger partial charge < -0.3 is 9.47 Å². The molecule has 1 fully saturated rings. The molecule has 1 aliphatic heterocycles. The minimum atomic E-state index is -3.92. The van der Waals surface area contributed by atoms with Crippen molar-refractivity contribution in [3.05, 3.63) is 28.2 Å². The maximum Gasteiger partial charge on any atom is 0.411 e. The Morgan fingerprint density at radius 2 is 1.85 bits per heavy atom. The molecule has 0 radical (unpaired) electrons. The van der Waals surface area contributed by atoms with Crippen LogP contribution in [-0.4, -0.2) is 55.9 Å². The zero-order valence-corrected chi connectivity index (χ0v) is 17.7. The molecule has 150 valence electrons. The van der Waals surface area contributed by atoms with E-state index in [-0.39, 0.29) is 22.9 Å². The van der Waals surface area contributed by atoms with Crippen molar-refractivity contribution in [2.45, 2.75) is 49.0 Å². The van der Waals surface area contributed by atoms with Gasteiger partial charge in [-0.25, -0.2) is 18.0 Å². The molecule has 0 aliphatic carbocycles. The van der Waals surface area contributed by atoms with Crippen LogP contribution in [-0.2, 0) is 24.1 Å². The fourth-order valence-electron chi connectivity index (χ4n) is 2.79. The quantitative estimate of drug-likeness (QED) is 0.673. The smallest absolute Gasteiger partial charge is 0.411 e. The zero-order valence-electron chi connectivity index (χ0n) is 15.4. The van der Waals surface area contributed by atoms with Crippen LogP contribution in [0.5, 0.6) is 0 Å². The first kappa shape index (κ1) is 21.8. The van der Waals surface area contributed by atoms with Crippen molar-refractivity contribution >= 4 is 45.1 Å². The maximum absolute atomic E-state index is 13.0. The van der Waals surface area contributed by atoms with Gasteiger partial charge in [-0.15, -0.1) is 0 Å². The summed E-state index contributed by atoms with van der Waals surface area (Å²) in [7, 11) is -2.74. The van der Waals surface area contributed by atoms with Crippen LogP contribution in [0.25, 0.3) is 0 Å². The van der Waals surface area contributed by atoms with Crippen LogP contribution in [0.3, 0.4) is 0 Å². The van der Waals surface area contributed by atoms with Gasteiger partial charge in [0, 0.05) is 11.6 Å². The summed E-state index contributed by atoms with van der Waals surface area (Å²) in [6, 6.07) is 2.99. The molecule has 2 atom stereocenters. The topological polar surface area (TPSA) is 90.0 Å². The molecule has 1 aromatic carbocycles. The van der Waals surface area contributed by atoms with Crippen molar-refractivity contribution in [2.24, 2.45) is 0 Å². The Morgan fingerprint density at radius 1 is 1.22 bits per heavy atom. The Labute approximate surface area is 168 Å². The van der Waals surface area contributed by atoms with Crippen molar-refractivity contribution in [3.8, 4) is 0 Å². The molecule has 1 heterocycles. The highest BCUT2D eigenvalue weighted by molar-refractivity contribution is 7.92. The highest BCUT2D eigenvalue weighted by Crippen LogP contribution is 2.34. The fourth-order valence-corrected chi connectivity index (χ4v) is 5.26. The number of nitrogens with zero attached hydrogens (tertiary/aromatic N) is 1. The van der Waals surface area contributed by atoms with Gasteiger partial charge in [-0.05, 0) is 45.4 Å². The number of carbonyl (C=O) groups excluding carboxylic acids is 2. The van der Waals surface area contributed by atoms with Gasteiger partial charge in [0.2, 0.25) is 0 Å². The number of hydrogen-bond donors (Lipinski definition) is 0. The summed E-state index contributed by atoms with van der Waals surface area (Å²) >= 11 is 11.9. The number of hydrogen-bond acceptors (Lipinski definition) is 6. The van der Waals surface area contributed by atoms with E-state index in [4.69, 9.17) is 32.7 Å². The summed E-state index contributed by atoms with van der Waals surface area (Å²) in [4.78, 5) is 25.6. The van der Waals surface area contributed by atoms with Crippen molar-refractivity contribution in [1.29, 1.82) is 0 Å². The number of benzene rings is 1. The lowest BCUT2D eigenvalue weighted by Crippen LogP contribution is -2.44. The summed E-state index contributed by atoms with van der Waals surface area (Å²) in [5.74, 6) is -0.708. The lowest BCUT2D eigenvalue weighted by molar-refractivity contribution is -0.145. The molecule has 7 nitrogen and oxygen atoms in total. The number of amides is 1. The Balaban J connectivity index is 2.36. The standard InChI is InChI=1S/C17H21Cl2NO6S/c1-17(2,3)26-16(22)20-9-11(8-13(20)15(21)25-4)27(23,24)14-6-5-10(18)7-12(14)19/h5-7,11,13H,8-9H2,1-4H3/t11-,13+/m1/s1. The van der Waals surface area contributed by atoms with Crippen LogP contribution in [0.2, 0.25) is 10.0 Å². The molecule has 0 spiro atoms. The predicted molar refractivity (Wildman–Crippen MR) is 101 cm³/mol. The molecule has 0 aromatic heterocycles. The first-order chi connectivity index (χ1) is 12.4. The van der Waals surface area contributed by atoms with E-state index < -0.39 is 38.8 Å². The van der Waals surface area contributed by atoms with Gasteiger partial charge in [0.15, 0.2) is 9.84 Å². The van der Waals surface area contributed by atoms with E-state index in [1.807, 2.05) is 0 Å². The van der Waals surface area contributed by atoms with E-state index in [1.165, 1.54) is 25.3 Å². The molecule has 0 saturated carbocycles. The number of rotatable bonds is 3. The molecule has 0 unspecified atom stereocenters. The third kappa shape index (κ3) is 4.86. The molecule has 10 heteroatoms. The van der Waals surface area contributed by atoms with Crippen LogP contribution in [0.4, 0.5) is 4.79 Å². The van der Waals surface area contributed by atoms with E-state index in [2.05, 4.69) is 0 Å². The van der Waals surface area contributed by atoms with E-state index >= 15 is 0 Å². The van der Waals surface area contributed by atoms with Gasteiger partial charge in [0.05, 0.1) is 22.3 Å². The second-order valence-corrected chi connectivity index (χ2v) is 10.2. The molecular formula is C17H21Cl2NO6S. The molecule has 0 bridgehead atoms. The number of likely N-dealkylation sites (tertiary alicyclic amines) is 1. The molecule has 1 amide bonds. The van der Waals surface area contributed by atoms with Gasteiger partial charge in [0.1, 0.15) is 11.6 Å². The third-order valence-corrected chi connectivity index (χ3v) is 6.85. The summed E-state index contributed by atoms with van der Waals surface area (Å²) in [6.07, 6.45) is -0.898. The summed E-state index contributed by atoms with van der Waals surface area (Å²) < 4.78 is 36.1. The summed E-state index contributed by atoms with van der Waals surface area (Å²) in [5, 5.41) is -0.756. The van der Waals surface area contributed by atoms with Crippen molar-refractivity contribution in [2.75, 3.05) is 13.7 Å². The highest BCUT2D eigenvalue weighted by Gasteiger charge is 2.47. The molecular weight excluding hydrogens is 417 g/mol. The highest BCUT2D eigenvalue weighted by atomic mass is 35.5. The number of halogens is 2. The lowest BCUT2D eigenvalue weighted by Gasteiger charge is -2.27.